The van der Waals surface area contributed by atoms with Crippen molar-refractivity contribution in [2.24, 2.45) is 5.41 Å². The predicted octanol–water partition coefficient (Wildman–Crippen LogP) is 2.79. The fourth-order valence-corrected chi connectivity index (χ4v) is 1.96. The average Bonchev–Trinajstić information content (AvgIpc) is 2.36. The molecule has 20 heavy (non-hydrogen) atoms. The lowest BCUT2D eigenvalue weighted by atomic mass is 9.80. The average molecular weight is 294 g/mol. The van der Waals surface area contributed by atoms with E-state index in [0.29, 0.717) is 25.7 Å². The van der Waals surface area contributed by atoms with Crippen LogP contribution in [0.25, 0.3) is 0 Å². The molecule has 0 saturated heterocycles. The molecule has 0 fully saturated rings. The van der Waals surface area contributed by atoms with Crippen LogP contribution in [0.3, 0.4) is 0 Å². The number of carbonyl (C=O) groups is 1. The van der Waals surface area contributed by atoms with Gasteiger partial charge in [0.25, 0.3) is 0 Å². The van der Waals surface area contributed by atoms with Crippen LogP contribution in [-0.4, -0.2) is 31.8 Å². The van der Waals surface area contributed by atoms with E-state index in [4.69, 9.17) is 0 Å². The Labute approximate surface area is 117 Å². The molecule has 1 N–H and O–H groups in total. The van der Waals surface area contributed by atoms with Crippen molar-refractivity contribution >= 4 is 5.91 Å². The third kappa shape index (κ3) is 6.75. The second-order valence-electron chi connectivity index (χ2n) is 4.62. The molecule has 0 bridgehead atoms. The minimum absolute atomic E-state index is 0.0359. The zero-order valence-electron chi connectivity index (χ0n) is 11.8. The van der Waals surface area contributed by atoms with E-state index in [2.05, 4.69) is 10.1 Å². The summed E-state index contributed by atoms with van der Waals surface area (Å²) < 4.78 is 39.9. The van der Waals surface area contributed by atoms with Crippen LogP contribution in [-0.2, 0) is 9.53 Å². The number of nitrogens with one attached hydrogen (secondary N) is 1. The Morgan fingerprint density at radius 3 is 2.20 bits per heavy atom. The highest BCUT2D eigenvalue weighted by atomic mass is 19.4. The first-order valence-corrected chi connectivity index (χ1v) is 6.65. The number of carbonyl (C=O) groups excluding carboxylic acids is 1. The van der Waals surface area contributed by atoms with Gasteiger partial charge in [0.2, 0.25) is 5.91 Å². The first kappa shape index (κ1) is 18.7. The van der Waals surface area contributed by atoms with E-state index in [-0.39, 0.29) is 13.2 Å². The highest BCUT2D eigenvalue weighted by Crippen LogP contribution is 2.29. The van der Waals surface area contributed by atoms with Crippen LogP contribution in [0.1, 0.15) is 39.5 Å². The van der Waals surface area contributed by atoms with Crippen LogP contribution in [0.15, 0.2) is 0 Å². The van der Waals surface area contributed by atoms with Crippen molar-refractivity contribution in [1.29, 1.82) is 5.26 Å². The van der Waals surface area contributed by atoms with Crippen molar-refractivity contribution in [3.05, 3.63) is 0 Å². The zero-order valence-corrected chi connectivity index (χ0v) is 11.8. The number of halogens is 3. The lowest BCUT2D eigenvalue weighted by Gasteiger charge is -2.24. The SMILES string of the molecule is CCCC(C#N)(CCC)C(=O)NCCOCC(F)(F)F. The van der Waals surface area contributed by atoms with Crippen LogP contribution < -0.4 is 5.32 Å². The molecular weight excluding hydrogens is 273 g/mol. The fraction of sp³-hybridized carbons (Fsp3) is 0.846. The molecule has 0 aromatic heterocycles. The quantitative estimate of drug-likeness (QED) is 0.665. The number of alkyl halides is 3. The number of nitriles is 1. The topological polar surface area (TPSA) is 62.1 Å². The summed E-state index contributed by atoms with van der Waals surface area (Å²) in [7, 11) is 0. The Bertz CT molecular complexity index is 331. The van der Waals surface area contributed by atoms with Gasteiger partial charge >= 0.3 is 6.18 Å². The Balaban J connectivity index is 4.25. The van der Waals surface area contributed by atoms with Gasteiger partial charge < -0.3 is 10.1 Å². The van der Waals surface area contributed by atoms with E-state index in [1.54, 1.807) is 0 Å². The molecule has 0 radical (unpaired) electrons. The summed E-state index contributed by atoms with van der Waals surface area (Å²) in [4.78, 5) is 12.0. The summed E-state index contributed by atoms with van der Waals surface area (Å²) in [6, 6.07) is 2.05. The smallest absolute Gasteiger partial charge is 0.370 e. The number of amides is 1. The molecule has 0 aromatic carbocycles. The fourth-order valence-electron chi connectivity index (χ4n) is 1.96. The maximum absolute atomic E-state index is 12.0. The van der Waals surface area contributed by atoms with E-state index in [9.17, 15) is 23.2 Å². The third-order valence-corrected chi connectivity index (χ3v) is 2.80. The lowest BCUT2D eigenvalue weighted by Crippen LogP contribution is -2.41. The summed E-state index contributed by atoms with van der Waals surface area (Å²) in [5.74, 6) is -0.431. The van der Waals surface area contributed by atoms with E-state index in [1.807, 2.05) is 19.9 Å². The summed E-state index contributed by atoms with van der Waals surface area (Å²) >= 11 is 0. The molecular formula is C13H21F3N2O2. The van der Waals surface area contributed by atoms with Crippen LogP contribution in [0.2, 0.25) is 0 Å². The molecule has 0 heterocycles. The van der Waals surface area contributed by atoms with Crippen molar-refractivity contribution in [2.75, 3.05) is 19.8 Å². The molecule has 0 aliphatic carbocycles. The van der Waals surface area contributed by atoms with Gasteiger partial charge in [0, 0.05) is 6.54 Å². The van der Waals surface area contributed by atoms with Crippen LogP contribution in [0, 0.1) is 16.7 Å². The third-order valence-electron chi connectivity index (χ3n) is 2.80. The summed E-state index contributed by atoms with van der Waals surface area (Å²) in [5.41, 5.74) is -1.09. The molecule has 0 aliphatic rings. The number of nitrogens with zero attached hydrogens (tertiary/aromatic N) is 1. The summed E-state index contributed by atoms with van der Waals surface area (Å²) in [6.07, 6.45) is -2.12. The highest BCUT2D eigenvalue weighted by molar-refractivity contribution is 5.85. The minimum Gasteiger partial charge on any atom is -0.370 e. The van der Waals surface area contributed by atoms with Gasteiger partial charge in [-0.05, 0) is 12.8 Å². The molecule has 4 nitrogen and oxygen atoms in total. The van der Waals surface area contributed by atoms with Crippen molar-refractivity contribution in [3.8, 4) is 6.07 Å². The van der Waals surface area contributed by atoms with Gasteiger partial charge in [-0.3, -0.25) is 4.79 Å². The highest BCUT2D eigenvalue weighted by Gasteiger charge is 2.36. The number of hydrogen-bond donors (Lipinski definition) is 1. The van der Waals surface area contributed by atoms with Gasteiger partial charge in [-0.1, -0.05) is 26.7 Å². The minimum atomic E-state index is -4.37. The second kappa shape index (κ2) is 8.80. The monoisotopic (exact) mass is 294 g/mol. The van der Waals surface area contributed by atoms with Crippen LogP contribution in [0.5, 0.6) is 0 Å². The molecule has 0 atom stereocenters. The summed E-state index contributed by atoms with van der Waals surface area (Å²) in [5, 5.41) is 11.7. The Morgan fingerprint density at radius 1 is 1.25 bits per heavy atom. The normalized spacial score (nSPS) is 12.0. The van der Waals surface area contributed by atoms with E-state index < -0.39 is 24.1 Å². The van der Waals surface area contributed by atoms with Gasteiger partial charge in [0.1, 0.15) is 12.0 Å². The predicted molar refractivity (Wildman–Crippen MR) is 67.7 cm³/mol. The Kier molecular flexibility index (Phi) is 8.23. The van der Waals surface area contributed by atoms with Gasteiger partial charge in [0.05, 0.1) is 12.7 Å². The number of hydrogen-bond acceptors (Lipinski definition) is 3. The Morgan fingerprint density at radius 2 is 1.80 bits per heavy atom. The van der Waals surface area contributed by atoms with Crippen molar-refractivity contribution in [1.82, 2.24) is 5.32 Å². The number of rotatable bonds is 9. The number of ether oxygens (including phenoxy) is 1. The largest absolute Gasteiger partial charge is 0.411 e. The van der Waals surface area contributed by atoms with Crippen LogP contribution in [0.4, 0.5) is 13.2 Å². The molecule has 116 valence electrons. The maximum Gasteiger partial charge on any atom is 0.411 e. The lowest BCUT2D eigenvalue weighted by molar-refractivity contribution is -0.173. The van der Waals surface area contributed by atoms with Crippen molar-refractivity contribution < 1.29 is 22.7 Å². The molecule has 0 rings (SSSR count). The molecule has 0 saturated carbocycles. The van der Waals surface area contributed by atoms with Crippen molar-refractivity contribution in [2.45, 2.75) is 45.7 Å². The maximum atomic E-state index is 12.0. The second-order valence-corrected chi connectivity index (χ2v) is 4.62. The zero-order chi connectivity index (χ0) is 15.6. The van der Waals surface area contributed by atoms with Crippen LogP contribution >= 0.6 is 0 Å². The van der Waals surface area contributed by atoms with E-state index in [0.717, 1.165) is 0 Å². The summed E-state index contributed by atoms with van der Waals surface area (Å²) in [6.45, 7) is 2.15. The standard InChI is InChI=1S/C13H21F3N2O2/c1-3-5-12(9-17,6-4-2)11(19)18-7-8-20-10-13(14,15)16/h3-8,10H2,1-2H3,(H,18,19). The molecule has 0 unspecified atom stereocenters. The van der Waals surface area contributed by atoms with Gasteiger partial charge in [-0.15, -0.1) is 0 Å². The van der Waals surface area contributed by atoms with Gasteiger partial charge in [0.15, 0.2) is 0 Å². The molecule has 0 spiro atoms. The van der Waals surface area contributed by atoms with Crippen molar-refractivity contribution in [3.63, 3.8) is 0 Å². The van der Waals surface area contributed by atoms with E-state index in [1.165, 1.54) is 0 Å². The van der Waals surface area contributed by atoms with E-state index >= 15 is 0 Å². The molecule has 0 aromatic rings. The first-order valence-electron chi connectivity index (χ1n) is 6.65. The molecule has 1 amide bonds. The van der Waals surface area contributed by atoms with Gasteiger partial charge in [-0.25, -0.2) is 0 Å². The molecule has 0 aliphatic heterocycles. The first-order chi connectivity index (χ1) is 9.31. The van der Waals surface area contributed by atoms with Gasteiger partial charge in [-0.2, -0.15) is 18.4 Å². The molecule has 7 heteroatoms. The Hall–Kier alpha value is -1.29.